The SMILES string of the molecule is [Pt+2].[c-]1c(-c2ccccn2)ccc2c1N1c3[c-]c(-c4ccccn4)ccc3C3(c4ccccc4Oc4ccccc43)c3cccc(c31)C21c2ccccc2Oc2ccccc21. The number of hydrogen-bond donors (Lipinski definition) is 0. The van der Waals surface area contributed by atoms with Crippen LogP contribution in [0.2, 0.25) is 0 Å². The fourth-order valence-electron chi connectivity index (χ4n) is 10.4. The van der Waals surface area contributed by atoms with Gasteiger partial charge in [0.15, 0.2) is 0 Å². The summed E-state index contributed by atoms with van der Waals surface area (Å²) in [6.45, 7) is 0. The van der Waals surface area contributed by atoms with Crippen molar-refractivity contribution >= 4 is 17.1 Å². The molecule has 0 saturated heterocycles. The van der Waals surface area contributed by atoms with Crippen LogP contribution in [0.25, 0.3) is 22.5 Å². The molecule has 0 bridgehead atoms. The summed E-state index contributed by atoms with van der Waals surface area (Å²) in [5, 5.41) is 0. The standard InChI is InChI=1S/C54H31N3O2.Pt/c1-5-22-48-38(14-1)53(39-15-2-6-23-49(39)58-48)36-28-26-34(44-20-9-11-30-55-44)32-46(36)57-47-33-35(45-21-10-12-31-56-45)27-29-37(47)54(43-19-13-18-42(53)52(43)57)40-16-3-7-24-50(40)59-51-25-8-4-17-41(51)54;/h1-31H;/q-2;+2. The third kappa shape index (κ3) is 4.45. The number of hydrogen-bond acceptors (Lipinski definition) is 5. The average Bonchev–Trinajstić information content (AvgIpc) is 3.31. The first-order chi connectivity index (χ1) is 29.3. The molecule has 0 N–H and O–H groups in total. The maximum Gasteiger partial charge on any atom is 2.00 e. The van der Waals surface area contributed by atoms with Gasteiger partial charge < -0.3 is 24.3 Å². The van der Waals surface area contributed by atoms with Crippen molar-refractivity contribution < 1.29 is 30.5 Å². The maximum atomic E-state index is 6.79. The monoisotopic (exact) mass is 948 g/mol. The van der Waals surface area contributed by atoms with Crippen LogP contribution >= 0.6 is 0 Å². The minimum absolute atomic E-state index is 0. The summed E-state index contributed by atoms with van der Waals surface area (Å²) in [6, 6.07) is 69.9. The molecule has 6 heteroatoms. The van der Waals surface area contributed by atoms with E-state index in [1.165, 1.54) is 0 Å². The van der Waals surface area contributed by atoms with Crippen molar-refractivity contribution in [2.24, 2.45) is 0 Å². The topological polar surface area (TPSA) is 47.5 Å². The van der Waals surface area contributed by atoms with Gasteiger partial charge in [-0.1, -0.05) is 126 Å². The van der Waals surface area contributed by atoms with Crippen molar-refractivity contribution in [1.29, 1.82) is 0 Å². The normalized spacial score (nSPS) is 14.7. The number of para-hydroxylation sites is 5. The maximum absolute atomic E-state index is 6.79. The summed E-state index contributed by atoms with van der Waals surface area (Å²) in [4.78, 5) is 12.1. The van der Waals surface area contributed by atoms with Gasteiger partial charge in [-0.15, -0.1) is 47.5 Å². The van der Waals surface area contributed by atoms with Crippen LogP contribution in [-0.2, 0) is 31.9 Å². The Kier molecular flexibility index (Phi) is 7.55. The van der Waals surface area contributed by atoms with Gasteiger partial charge in [0.1, 0.15) is 23.0 Å². The Morgan fingerprint density at radius 2 is 0.733 bits per heavy atom. The van der Waals surface area contributed by atoms with E-state index in [1.54, 1.807) is 0 Å². The Hall–Kier alpha value is -7.07. The van der Waals surface area contributed by atoms with Crippen LogP contribution in [0, 0.1) is 12.1 Å². The van der Waals surface area contributed by atoms with E-state index in [0.717, 1.165) is 107 Å². The number of fused-ring (bicyclic) bond motifs is 16. The van der Waals surface area contributed by atoms with Crippen molar-refractivity contribution in [1.82, 2.24) is 9.97 Å². The molecule has 0 fully saturated rings. The van der Waals surface area contributed by atoms with E-state index in [9.17, 15) is 0 Å². The molecule has 2 aromatic heterocycles. The summed E-state index contributed by atoms with van der Waals surface area (Å²) in [5.74, 6) is 3.31. The number of anilines is 3. The fraction of sp³-hybridized carbons (Fsp3) is 0.0370. The van der Waals surface area contributed by atoms with Crippen molar-refractivity contribution in [2.75, 3.05) is 4.90 Å². The van der Waals surface area contributed by atoms with E-state index in [0.29, 0.717) is 0 Å². The van der Waals surface area contributed by atoms with Crippen LogP contribution in [0.4, 0.5) is 17.1 Å². The second kappa shape index (κ2) is 13.0. The number of pyridine rings is 2. The number of aromatic nitrogens is 2. The van der Waals surface area contributed by atoms with Crippen LogP contribution in [-0.4, -0.2) is 9.97 Å². The van der Waals surface area contributed by atoms with Gasteiger partial charge in [0.05, 0.1) is 5.69 Å². The smallest absolute Gasteiger partial charge is 0.457 e. The summed E-state index contributed by atoms with van der Waals surface area (Å²) >= 11 is 0. The molecule has 6 heterocycles. The Morgan fingerprint density at radius 1 is 0.367 bits per heavy atom. The van der Waals surface area contributed by atoms with Crippen LogP contribution in [0.15, 0.2) is 188 Å². The van der Waals surface area contributed by atoms with Crippen molar-refractivity contribution in [3.05, 3.63) is 245 Å². The van der Waals surface area contributed by atoms with Crippen LogP contribution in [0.1, 0.15) is 44.5 Å². The van der Waals surface area contributed by atoms with E-state index < -0.39 is 10.8 Å². The Balaban J connectivity index is 0.00000388. The quantitative estimate of drug-likeness (QED) is 0.162. The second-order valence-corrected chi connectivity index (χ2v) is 15.4. The number of ether oxygens (including phenoxy) is 2. The molecule has 9 aromatic rings. The van der Waals surface area contributed by atoms with Crippen LogP contribution in [0.5, 0.6) is 23.0 Å². The Labute approximate surface area is 361 Å². The van der Waals surface area contributed by atoms with Crippen molar-refractivity contribution in [3.8, 4) is 45.5 Å². The zero-order valence-corrected chi connectivity index (χ0v) is 34.1. The zero-order valence-electron chi connectivity index (χ0n) is 31.9. The first kappa shape index (κ1) is 34.9. The summed E-state index contributed by atoms with van der Waals surface area (Å²) < 4.78 is 13.6. The molecule has 0 unspecified atom stereocenters. The molecule has 284 valence electrons. The number of nitrogens with zero attached hydrogens (tertiary/aromatic N) is 3. The molecular weight excluding hydrogens is 918 g/mol. The molecule has 0 amide bonds. The molecule has 60 heavy (non-hydrogen) atoms. The molecule has 0 atom stereocenters. The molecular formula is C54H31N3O2Pt. The minimum atomic E-state index is -0.788. The van der Waals surface area contributed by atoms with E-state index >= 15 is 0 Å². The molecule has 4 aliphatic heterocycles. The number of benzene rings is 7. The minimum Gasteiger partial charge on any atom is -0.457 e. The Bertz CT molecular complexity index is 2900. The molecule has 7 aromatic carbocycles. The first-order valence-electron chi connectivity index (χ1n) is 19.9. The molecule has 0 saturated carbocycles. The van der Waals surface area contributed by atoms with Gasteiger partial charge in [-0.25, -0.2) is 0 Å². The van der Waals surface area contributed by atoms with E-state index in [1.807, 2.05) is 36.7 Å². The van der Waals surface area contributed by atoms with Gasteiger partial charge in [0.2, 0.25) is 0 Å². The van der Waals surface area contributed by atoms with E-state index in [-0.39, 0.29) is 21.1 Å². The van der Waals surface area contributed by atoms with Crippen molar-refractivity contribution in [3.63, 3.8) is 0 Å². The summed E-state index contributed by atoms with van der Waals surface area (Å²) in [5.41, 5.74) is 13.6. The number of rotatable bonds is 2. The third-order valence-corrected chi connectivity index (χ3v) is 12.7. The largest absolute Gasteiger partial charge is 2.00 e. The van der Waals surface area contributed by atoms with Gasteiger partial charge in [-0.3, -0.25) is 0 Å². The summed E-state index contributed by atoms with van der Waals surface area (Å²) in [6.07, 6.45) is 3.69. The van der Waals surface area contributed by atoms with Gasteiger partial charge in [-0.05, 0) is 70.3 Å². The van der Waals surface area contributed by atoms with Gasteiger partial charge in [0, 0.05) is 45.5 Å². The summed E-state index contributed by atoms with van der Waals surface area (Å²) in [7, 11) is 0. The molecule has 0 aliphatic carbocycles. The van der Waals surface area contributed by atoms with Crippen LogP contribution < -0.4 is 14.4 Å². The molecule has 5 nitrogen and oxygen atoms in total. The van der Waals surface area contributed by atoms with Gasteiger partial charge >= 0.3 is 21.1 Å². The fourth-order valence-corrected chi connectivity index (χ4v) is 10.4. The molecule has 13 rings (SSSR count). The van der Waals surface area contributed by atoms with E-state index in [4.69, 9.17) is 19.4 Å². The average molecular weight is 949 g/mol. The third-order valence-electron chi connectivity index (χ3n) is 12.7. The van der Waals surface area contributed by atoms with E-state index in [2.05, 4.69) is 169 Å². The zero-order chi connectivity index (χ0) is 38.7. The molecule has 0 radical (unpaired) electrons. The first-order valence-corrected chi connectivity index (χ1v) is 19.9. The molecule has 4 aliphatic rings. The predicted octanol–water partition coefficient (Wildman–Crippen LogP) is 12.5. The second-order valence-electron chi connectivity index (χ2n) is 15.4. The van der Waals surface area contributed by atoms with Crippen molar-refractivity contribution in [2.45, 2.75) is 10.8 Å². The predicted molar refractivity (Wildman–Crippen MR) is 229 cm³/mol. The van der Waals surface area contributed by atoms with Gasteiger partial charge in [0.25, 0.3) is 0 Å². The Morgan fingerprint density at radius 3 is 1.12 bits per heavy atom. The molecule has 2 spiro atoms. The van der Waals surface area contributed by atoms with Crippen LogP contribution in [0.3, 0.4) is 0 Å². The van der Waals surface area contributed by atoms with Gasteiger partial charge in [-0.2, -0.15) is 0 Å².